The van der Waals surface area contributed by atoms with Gasteiger partial charge < -0.3 is 15.4 Å². The minimum Gasteiger partial charge on any atom is -0.454 e. The molecule has 6 nitrogen and oxygen atoms in total. The zero-order chi connectivity index (χ0) is 19.7. The number of amides is 2. The maximum Gasteiger partial charge on any atom is 0.329 e. The lowest BCUT2D eigenvalue weighted by Crippen LogP contribution is -2.46. The number of carbonyl (C=O) groups is 3. The summed E-state index contributed by atoms with van der Waals surface area (Å²) in [6.07, 6.45) is 1.56. The second kappa shape index (κ2) is 10.5. The molecule has 26 heavy (non-hydrogen) atoms. The molecule has 0 aliphatic rings. The Labute approximate surface area is 153 Å². The Morgan fingerprint density at radius 3 is 2.23 bits per heavy atom. The molecule has 0 radical (unpaired) electrons. The Kier molecular flexibility index (Phi) is 8.75. The van der Waals surface area contributed by atoms with Crippen molar-refractivity contribution in [2.24, 2.45) is 5.92 Å². The molecule has 144 valence electrons. The monoisotopic (exact) mass is 366 g/mol. The Balaban J connectivity index is 2.66. The van der Waals surface area contributed by atoms with Crippen molar-refractivity contribution in [3.8, 4) is 0 Å². The molecule has 0 bridgehead atoms. The number of halogens is 1. The van der Waals surface area contributed by atoms with Crippen LogP contribution in [0.2, 0.25) is 0 Å². The highest BCUT2D eigenvalue weighted by Gasteiger charge is 2.27. The van der Waals surface area contributed by atoms with Crippen molar-refractivity contribution in [1.82, 2.24) is 10.6 Å². The molecular formula is C19H27FN2O4. The molecule has 2 N–H and O–H groups in total. The first kappa shape index (κ1) is 21.6. The van der Waals surface area contributed by atoms with Crippen LogP contribution in [0, 0.1) is 11.7 Å². The number of carbonyl (C=O) groups excluding carboxylic acids is 3. The smallest absolute Gasteiger partial charge is 0.329 e. The van der Waals surface area contributed by atoms with Gasteiger partial charge in [0.25, 0.3) is 11.8 Å². The minimum atomic E-state index is -0.983. The fourth-order valence-corrected chi connectivity index (χ4v) is 2.35. The lowest BCUT2D eigenvalue weighted by atomic mass is 10.0. The molecule has 7 heteroatoms. The summed E-state index contributed by atoms with van der Waals surface area (Å²) < 4.78 is 18.7. The number of benzene rings is 1. The second-order valence-electron chi connectivity index (χ2n) is 6.36. The molecule has 1 atom stereocenters. The van der Waals surface area contributed by atoms with Crippen molar-refractivity contribution in [2.45, 2.75) is 52.6 Å². The summed E-state index contributed by atoms with van der Waals surface area (Å²) in [6, 6.07) is 4.55. The summed E-state index contributed by atoms with van der Waals surface area (Å²) in [4.78, 5) is 36.3. The van der Waals surface area contributed by atoms with E-state index in [-0.39, 0.29) is 17.5 Å². The highest BCUT2D eigenvalue weighted by molar-refractivity contribution is 5.97. The summed E-state index contributed by atoms with van der Waals surface area (Å²) in [7, 11) is 0. The molecule has 0 fully saturated rings. The van der Waals surface area contributed by atoms with Crippen molar-refractivity contribution in [3.63, 3.8) is 0 Å². The molecule has 0 spiro atoms. The second-order valence-corrected chi connectivity index (χ2v) is 6.36. The van der Waals surface area contributed by atoms with E-state index in [1.165, 1.54) is 24.3 Å². The number of hydrogen-bond donors (Lipinski definition) is 2. The van der Waals surface area contributed by atoms with Gasteiger partial charge in [-0.15, -0.1) is 0 Å². The Morgan fingerprint density at radius 1 is 1.08 bits per heavy atom. The van der Waals surface area contributed by atoms with Crippen LogP contribution in [0.5, 0.6) is 0 Å². The Morgan fingerprint density at radius 2 is 1.69 bits per heavy atom. The van der Waals surface area contributed by atoms with Crippen LogP contribution in [0.15, 0.2) is 24.3 Å². The zero-order valence-corrected chi connectivity index (χ0v) is 15.7. The van der Waals surface area contributed by atoms with E-state index in [9.17, 15) is 18.8 Å². The van der Waals surface area contributed by atoms with Crippen LogP contribution in [-0.2, 0) is 14.3 Å². The quantitative estimate of drug-likeness (QED) is 0.658. The number of hydrogen-bond acceptors (Lipinski definition) is 4. The fraction of sp³-hybridized carbons (Fsp3) is 0.526. The van der Waals surface area contributed by atoms with Crippen molar-refractivity contribution in [1.29, 1.82) is 0 Å². The molecule has 1 aromatic rings. The van der Waals surface area contributed by atoms with Crippen molar-refractivity contribution in [2.75, 3.05) is 6.61 Å². The fourth-order valence-electron chi connectivity index (χ4n) is 2.35. The van der Waals surface area contributed by atoms with E-state index in [1.807, 2.05) is 13.8 Å². The molecule has 2 amide bonds. The maximum absolute atomic E-state index is 13.7. The topological polar surface area (TPSA) is 84.5 Å². The Bertz CT molecular complexity index is 630. The van der Waals surface area contributed by atoms with Gasteiger partial charge in [-0.2, -0.15) is 0 Å². The average molecular weight is 366 g/mol. The van der Waals surface area contributed by atoms with Gasteiger partial charge in [0.2, 0.25) is 0 Å². The summed E-state index contributed by atoms with van der Waals surface area (Å²) in [6.45, 7) is 6.92. The van der Waals surface area contributed by atoms with Crippen LogP contribution < -0.4 is 10.6 Å². The molecule has 0 aromatic heterocycles. The van der Waals surface area contributed by atoms with E-state index in [4.69, 9.17) is 4.74 Å². The first-order chi connectivity index (χ1) is 12.3. The third-order valence-electron chi connectivity index (χ3n) is 4.02. The molecule has 0 unspecified atom stereocenters. The first-order valence-electron chi connectivity index (χ1n) is 8.81. The largest absolute Gasteiger partial charge is 0.454 e. The maximum atomic E-state index is 13.7. The van der Waals surface area contributed by atoms with E-state index < -0.39 is 36.2 Å². The van der Waals surface area contributed by atoms with E-state index in [0.29, 0.717) is 0 Å². The van der Waals surface area contributed by atoms with Crippen molar-refractivity contribution >= 4 is 17.8 Å². The van der Waals surface area contributed by atoms with Gasteiger partial charge in [0.15, 0.2) is 6.61 Å². The zero-order valence-electron chi connectivity index (χ0n) is 15.7. The third-order valence-corrected chi connectivity index (χ3v) is 4.02. The number of nitrogens with one attached hydrogen (secondary N) is 2. The predicted molar refractivity (Wildman–Crippen MR) is 96.0 cm³/mol. The van der Waals surface area contributed by atoms with Crippen LogP contribution in [0.3, 0.4) is 0 Å². The molecule has 0 saturated heterocycles. The van der Waals surface area contributed by atoms with Gasteiger partial charge in [-0.25, -0.2) is 9.18 Å². The van der Waals surface area contributed by atoms with Crippen LogP contribution in [0.1, 0.15) is 50.9 Å². The first-order valence-corrected chi connectivity index (χ1v) is 8.81. The normalized spacial score (nSPS) is 12.0. The SMILES string of the molecule is CCC(CC)NC(=O)COC(=O)[C@@H](NC(=O)c1ccccc1F)C(C)C. The Hall–Kier alpha value is -2.44. The molecule has 1 rings (SSSR count). The van der Waals surface area contributed by atoms with Gasteiger partial charge in [0.1, 0.15) is 11.9 Å². The van der Waals surface area contributed by atoms with Gasteiger partial charge in [-0.3, -0.25) is 9.59 Å². The van der Waals surface area contributed by atoms with Crippen LogP contribution >= 0.6 is 0 Å². The highest BCUT2D eigenvalue weighted by atomic mass is 19.1. The van der Waals surface area contributed by atoms with Gasteiger partial charge in [0.05, 0.1) is 5.56 Å². The number of ether oxygens (including phenoxy) is 1. The van der Waals surface area contributed by atoms with E-state index in [2.05, 4.69) is 10.6 Å². The van der Waals surface area contributed by atoms with Gasteiger partial charge >= 0.3 is 5.97 Å². The summed E-state index contributed by atoms with van der Waals surface area (Å²) in [5.74, 6) is -2.80. The van der Waals surface area contributed by atoms with Crippen LogP contribution in [-0.4, -0.2) is 36.5 Å². The van der Waals surface area contributed by atoms with Crippen LogP contribution in [0.4, 0.5) is 4.39 Å². The molecule has 0 heterocycles. The van der Waals surface area contributed by atoms with Gasteiger partial charge in [-0.1, -0.05) is 39.8 Å². The van der Waals surface area contributed by atoms with E-state index in [0.717, 1.165) is 12.8 Å². The predicted octanol–water partition coefficient (Wildman–Crippen LogP) is 2.43. The van der Waals surface area contributed by atoms with Crippen LogP contribution in [0.25, 0.3) is 0 Å². The molecule has 0 aliphatic carbocycles. The summed E-state index contributed by atoms with van der Waals surface area (Å²) in [5.41, 5.74) is -0.155. The summed E-state index contributed by atoms with van der Waals surface area (Å²) >= 11 is 0. The standard InChI is InChI=1S/C19H27FN2O4/c1-5-13(6-2)21-16(23)11-26-19(25)17(12(3)4)22-18(24)14-9-7-8-10-15(14)20/h7-10,12-13,17H,5-6,11H2,1-4H3,(H,21,23)(H,22,24)/t17-/m0/s1. The third kappa shape index (κ3) is 6.46. The average Bonchev–Trinajstić information content (AvgIpc) is 2.62. The van der Waals surface area contributed by atoms with Gasteiger partial charge in [-0.05, 0) is 30.9 Å². The molecule has 0 saturated carbocycles. The summed E-state index contributed by atoms with van der Waals surface area (Å²) in [5, 5.41) is 5.24. The minimum absolute atomic E-state index is 0.0304. The van der Waals surface area contributed by atoms with Crippen molar-refractivity contribution in [3.05, 3.63) is 35.6 Å². The molecule has 1 aromatic carbocycles. The molecular weight excluding hydrogens is 339 g/mol. The van der Waals surface area contributed by atoms with E-state index >= 15 is 0 Å². The highest BCUT2D eigenvalue weighted by Crippen LogP contribution is 2.10. The lowest BCUT2D eigenvalue weighted by molar-refractivity contribution is -0.151. The number of rotatable bonds is 9. The van der Waals surface area contributed by atoms with E-state index in [1.54, 1.807) is 13.8 Å². The van der Waals surface area contributed by atoms with Gasteiger partial charge in [0, 0.05) is 6.04 Å². The van der Waals surface area contributed by atoms with Crippen molar-refractivity contribution < 1.29 is 23.5 Å². The lowest BCUT2D eigenvalue weighted by Gasteiger charge is -2.21. The number of esters is 1. The molecule has 0 aliphatic heterocycles.